The molecule has 0 aliphatic rings. The SMILES string of the molecule is CCCCOC(=O)/C(C=Cc1ccccc1)=C/C(=O)O. The van der Waals surface area contributed by atoms with Crippen molar-refractivity contribution in [3.8, 4) is 0 Å². The Balaban J connectivity index is 2.77. The zero-order valence-electron chi connectivity index (χ0n) is 11.4. The van der Waals surface area contributed by atoms with Crippen LogP contribution in [0.15, 0.2) is 48.1 Å². The molecular formula is C16H18O4. The number of carbonyl (C=O) groups excluding carboxylic acids is 1. The van der Waals surface area contributed by atoms with Crippen LogP contribution in [0.4, 0.5) is 0 Å². The minimum Gasteiger partial charge on any atom is -0.478 e. The molecule has 4 nitrogen and oxygen atoms in total. The number of hydrogen-bond acceptors (Lipinski definition) is 3. The summed E-state index contributed by atoms with van der Waals surface area (Å²) in [5, 5.41) is 8.78. The van der Waals surface area contributed by atoms with Crippen molar-refractivity contribution in [1.29, 1.82) is 0 Å². The van der Waals surface area contributed by atoms with E-state index in [9.17, 15) is 9.59 Å². The van der Waals surface area contributed by atoms with Gasteiger partial charge in [0.25, 0.3) is 0 Å². The molecule has 0 heterocycles. The first kappa shape index (κ1) is 15.7. The molecule has 1 rings (SSSR count). The molecule has 20 heavy (non-hydrogen) atoms. The third-order valence-corrected chi connectivity index (χ3v) is 2.50. The molecule has 106 valence electrons. The zero-order chi connectivity index (χ0) is 14.8. The van der Waals surface area contributed by atoms with Crippen molar-refractivity contribution >= 4 is 18.0 Å². The molecule has 0 saturated heterocycles. The monoisotopic (exact) mass is 274 g/mol. The number of hydrogen-bond donors (Lipinski definition) is 1. The summed E-state index contributed by atoms with van der Waals surface area (Å²) in [6.07, 6.45) is 5.65. The lowest BCUT2D eigenvalue weighted by Crippen LogP contribution is -2.09. The van der Waals surface area contributed by atoms with Crippen LogP contribution in [0.3, 0.4) is 0 Å². The molecular weight excluding hydrogens is 256 g/mol. The number of benzene rings is 1. The van der Waals surface area contributed by atoms with Gasteiger partial charge < -0.3 is 9.84 Å². The van der Waals surface area contributed by atoms with Gasteiger partial charge in [0.2, 0.25) is 0 Å². The standard InChI is InChI=1S/C16H18O4/c1-2-3-11-20-16(19)14(12-15(17)18)10-9-13-7-5-4-6-8-13/h4-10,12H,2-3,11H2,1H3,(H,17,18)/b10-9?,14-12+. The number of unbranched alkanes of at least 4 members (excludes halogenated alkanes) is 1. The molecule has 0 amide bonds. The van der Waals surface area contributed by atoms with Gasteiger partial charge in [-0.1, -0.05) is 49.8 Å². The van der Waals surface area contributed by atoms with Gasteiger partial charge >= 0.3 is 11.9 Å². The van der Waals surface area contributed by atoms with Crippen LogP contribution in [0, 0.1) is 0 Å². The van der Waals surface area contributed by atoms with E-state index in [1.54, 1.807) is 6.08 Å². The second-order valence-electron chi connectivity index (χ2n) is 4.17. The van der Waals surface area contributed by atoms with Gasteiger partial charge in [0.1, 0.15) is 0 Å². The summed E-state index contributed by atoms with van der Waals surface area (Å²) in [5.74, 6) is -1.79. The van der Waals surface area contributed by atoms with Gasteiger partial charge in [-0.2, -0.15) is 0 Å². The predicted octanol–water partition coefficient (Wildman–Crippen LogP) is 3.05. The normalized spacial score (nSPS) is 11.6. The summed E-state index contributed by atoms with van der Waals surface area (Å²) in [6.45, 7) is 2.28. The fraction of sp³-hybridized carbons (Fsp3) is 0.250. The molecule has 0 fully saturated rings. The number of carboxylic acids is 1. The maximum atomic E-state index is 11.8. The Morgan fingerprint density at radius 1 is 1.25 bits per heavy atom. The van der Waals surface area contributed by atoms with Crippen molar-refractivity contribution in [3.63, 3.8) is 0 Å². The zero-order valence-corrected chi connectivity index (χ0v) is 11.4. The van der Waals surface area contributed by atoms with Crippen LogP contribution in [0.1, 0.15) is 25.3 Å². The van der Waals surface area contributed by atoms with Gasteiger partial charge in [-0.25, -0.2) is 9.59 Å². The largest absolute Gasteiger partial charge is 0.478 e. The highest BCUT2D eigenvalue weighted by Gasteiger charge is 2.09. The lowest BCUT2D eigenvalue weighted by molar-refractivity contribution is -0.139. The van der Waals surface area contributed by atoms with E-state index in [1.165, 1.54) is 6.08 Å². The molecule has 0 aliphatic heterocycles. The molecule has 1 N–H and O–H groups in total. The van der Waals surface area contributed by atoms with Crippen LogP contribution in [-0.2, 0) is 14.3 Å². The van der Waals surface area contributed by atoms with Crippen LogP contribution in [-0.4, -0.2) is 23.7 Å². The molecule has 0 radical (unpaired) electrons. The second kappa shape index (κ2) is 8.69. The highest BCUT2D eigenvalue weighted by atomic mass is 16.5. The van der Waals surface area contributed by atoms with Gasteiger partial charge in [0.05, 0.1) is 12.2 Å². The highest BCUT2D eigenvalue weighted by molar-refractivity contribution is 5.99. The summed E-state index contributed by atoms with van der Waals surface area (Å²) in [6, 6.07) is 9.32. The van der Waals surface area contributed by atoms with E-state index in [2.05, 4.69) is 0 Å². The van der Waals surface area contributed by atoms with Crippen LogP contribution in [0.5, 0.6) is 0 Å². The third-order valence-electron chi connectivity index (χ3n) is 2.50. The summed E-state index contributed by atoms with van der Waals surface area (Å²) >= 11 is 0. The lowest BCUT2D eigenvalue weighted by atomic mass is 10.1. The molecule has 0 atom stereocenters. The van der Waals surface area contributed by atoms with Crippen LogP contribution < -0.4 is 0 Å². The van der Waals surface area contributed by atoms with Crippen molar-refractivity contribution < 1.29 is 19.4 Å². The molecule has 0 bridgehead atoms. The Morgan fingerprint density at radius 3 is 2.55 bits per heavy atom. The van der Waals surface area contributed by atoms with Gasteiger partial charge in [0, 0.05) is 6.08 Å². The number of carboxylic acid groups (broad SMARTS) is 1. The van der Waals surface area contributed by atoms with Gasteiger partial charge in [-0.05, 0) is 18.1 Å². The van der Waals surface area contributed by atoms with Gasteiger partial charge in [-0.3, -0.25) is 0 Å². The summed E-state index contributed by atoms with van der Waals surface area (Å²) in [4.78, 5) is 22.5. The fourth-order valence-electron chi connectivity index (χ4n) is 1.45. The summed E-state index contributed by atoms with van der Waals surface area (Å²) < 4.78 is 5.01. The Morgan fingerprint density at radius 2 is 1.95 bits per heavy atom. The molecule has 0 aromatic heterocycles. The first-order chi connectivity index (χ1) is 9.63. The molecule has 0 unspecified atom stereocenters. The van der Waals surface area contributed by atoms with E-state index in [1.807, 2.05) is 37.3 Å². The minimum atomic E-state index is -1.18. The fourth-order valence-corrected chi connectivity index (χ4v) is 1.45. The van der Waals surface area contributed by atoms with E-state index in [4.69, 9.17) is 9.84 Å². The van der Waals surface area contributed by atoms with E-state index >= 15 is 0 Å². The highest BCUT2D eigenvalue weighted by Crippen LogP contribution is 2.07. The van der Waals surface area contributed by atoms with Crippen molar-refractivity contribution in [2.75, 3.05) is 6.61 Å². The van der Waals surface area contributed by atoms with Crippen LogP contribution >= 0.6 is 0 Å². The number of esters is 1. The Hall–Kier alpha value is -2.36. The van der Waals surface area contributed by atoms with E-state index in [0.717, 1.165) is 24.5 Å². The smallest absolute Gasteiger partial charge is 0.338 e. The Kier molecular flexibility index (Phi) is 6.82. The molecule has 4 heteroatoms. The Labute approximate surface area is 118 Å². The quantitative estimate of drug-likeness (QED) is 0.359. The van der Waals surface area contributed by atoms with Crippen molar-refractivity contribution in [1.82, 2.24) is 0 Å². The summed E-state index contributed by atoms with van der Waals surface area (Å²) in [7, 11) is 0. The predicted molar refractivity (Wildman–Crippen MR) is 77.1 cm³/mol. The average Bonchev–Trinajstić information content (AvgIpc) is 2.44. The summed E-state index contributed by atoms with van der Waals surface area (Å²) in [5.41, 5.74) is 0.905. The average molecular weight is 274 g/mol. The maximum Gasteiger partial charge on any atom is 0.338 e. The first-order valence-electron chi connectivity index (χ1n) is 6.48. The minimum absolute atomic E-state index is 0.0254. The number of ether oxygens (including phenoxy) is 1. The molecule has 0 saturated carbocycles. The molecule has 1 aromatic carbocycles. The number of aliphatic carboxylic acids is 1. The molecule has 1 aromatic rings. The van der Waals surface area contributed by atoms with E-state index in [0.29, 0.717) is 6.61 Å². The topological polar surface area (TPSA) is 63.6 Å². The van der Waals surface area contributed by atoms with Gasteiger partial charge in [-0.15, -0.1) is 0 Å². The van der Waals surface area contributed by atoms with Gasteiger partial charge in [0.15, 0.2) is 0 Å². The van der Waals surface area contributed by atoms with Crippen molar-refractivity contribution in [3.05, 3.63) is 53.6 Å². The number of carbonyl (C=O) groups is 2. The molecule has 0 aliphatic carbocycles. The van der Waals surface area contributed by atoms with Crippen LogP contribution in [0.25, 0.3) is 6.08 Å². The lowest BCUT2D eigenvalue weighted by Gasteiger charge is -2.04. The van der Waals surface area contributed by atoms with E-state index < -0.39 is 11.9 Å². The maximum absolute atomic E-state index is 11.8. The van der Waals surface area contributed by atoms with Crippen molar-refractivity contribution in [2.45, 2.75) is 19.8 Å². The first-order valence-corrected chi connectivity index (χ1v) is 6.48. The number of rotatable bonds is 7. The van der Waals surface area contributed by atoms with Crippen LogP contribution in [0.2, 0.25) is 0 Å². The molecule has 0 spiro atoms. The second-order valence-corrected chi connectivity index (χ2v) is 4.17. The third kappa shape index (κ3) is 6.00. The Bertz CT molecular complexity index is 500. The van der Waals surface area contributed by atoms with Crippen molar-refractivity contribution in [2.24, 2.45) is 0 Å². The van der Waals surface area contributed by atoms with E-state index in [-0.39, 0.29) is 5.57 Å².